The van der Waals surface area contributed by atoms with Gasteiger partial charge in [-0.05, 0) is 6.07 Å². The first-order chi connectivity index (χ1) is 8.45. The van der Waals surface area contributed by atoms with Crippen LogP contribution in [0.4, 0.5) is 4.39 Å². The zero-order chi connectivity index (χ0) is 13.7. The number of hydrogen-bond acceptors (Lipinski definition) is 4. The lowest BCUT2D eigenvalue weighted by Crippen LogP contribution is -2.29. The number of hydrogen-bond donors (Lipinski definition) is 0. The third kappa shape index (κ3) is 3.66. The summed E-state index contributed by atoms with van der Waals surface area (Å²) in [7, 11) is 2.74. The topological polar surface area (TPSA) is 59.5 Å². The predicted octanol–water partition coefficient (Wildman–Crippen LogP) is 1.51. The predicted molar refractivity (Wildman–Crippen MR) is 62.8 cm³/mol. The average Bonchev–Trinajstić information content (AvgIpc) is 2.37. The second-order valence-corrected chi connectivity index (χ2v) is 3.90. The summed E-state index contributed by atoms with van der Waals surface area (Å²) in [4.78, 5) is 27.6. The maximum atomic E-state index is 13.0. The second-order valence-electron chi connectivity index (χ2n) is 3.54. The smallest absolute Gasteiger partial charge is 0.307 e. The number of carbonyl (C=O) groups excluding carboxylic acids is 2. The van der Waals surface area contributed by atoms with Gasteiger partial charge >= 0.3 is 5.97 Å². The zero-order valence-electron chi connectivity index (χ0n) is 9.94. The van der Waals surface area contributed by atoms with Crippen molar-refractivity contribution >= 4 is 23.5 Å². The fourth-order valence-corrected chi connectivity index (χ4v) is 1.42. The molecule has 0 aromatic carbocycles. The van der Waals surface area contributed by atoms with E-state index < -0.39 is 17.7 Å². The molecule has 0 spiro atoms. The molecule has 5 nitrogen and oxygen atoms in total. The van der Waals surface area contributed by atoms with E-state index in [-0.39, 0.29) is 23.7 Å². The van der Waals surface area contributed by atoms with Crippen molar-refractivity contribution in [2.24, 2.45) is 0 Å². The molecular formula is C11H12ClFN2O3. The highest BCUT2D eigenvalue weighted by Gasteiger charge is 2.17. The van der Waals surface area contributed by atoms with Crippen molar-refractivity contribution in [2.45, 2.75) is 6.42 Å². The molecule has 0 aliphatic rings. The number of carbonyl (C=O) groups is 2. The molecule has 0 radical (unpaired) electrons. The van der Waals surface area contributed by atoms with E-state index in [0.29, 0.717) is 0 Å². The summed E-state index contributed by atoms with van der Waals surface area (Å²) in [6.07, 6.45) is 0.979. The van der Waals surface area contributed by atoms with Crippen LogP contribution in [0.15, 0.2) is 12.3 Å². The highest BCUT2D eigenvalue weighted by Crippen LogP contribution is 2.15. The Labute approximate surface area is 109 Å². The first kappa shape index (κ1) is 14.4. The Morgan fingerprint density at radius 3 is 2.83 bits per heavy atom. The number of amides is 1. The number of methoxy groups -OCH3 is 1. The summed E-state index contributed by atoms with van der Waals surface area (Å²) < 4.78 is 17.4. The highest BCUT2D eigenvalue weighted by atomic mass is 35.5. The minimum atomic E-state index is -0.649. The fourth-order valence-electron chi connectivity index (χ4n) is 1.24. The third-order valence-corrected chi connectivity index (χ3v) is 2.56. The van der Waals surface area contributed by atoms with Crippen LogP contribution in [-0.2, 0) is 9.53 Å². The monoisotopic (exact) mass is 274 g/mol. The summed E-state index contributed by atoms with van der Waals surface area (Å²) in [6.45, 7) is 0.151. The molecule has 1 aromatic rings. The largest absolute Gasteiger partial charge is 0.469 e. The number of nitrogens with zero attached hydrogens (tertiary/aromatic N) is 2. The Balaban J connectivity index is 2.74. The highest BCUT2D eigenvalue weighted by molar-refractivity contribution is 6.32. The molecule has 0 saturated heterocycles. The summed E-state index contributed by atoms with van der Waals surface area (Å²) in [6, 6.07) is 1.01. The van der Waals surface area contributed by atoms with Crippen molar-refractivity contribution in [1.82, 2.24) is 9.88 Å². The van der Waals surface area contributed by atoms with E-state index in [1.807, 2.05) is 0 Å². The SMILES string of the molecule is COC(=O)CCN(C)C(=O)c1cc(F)cnc1Cl. The number of esters is 1. The van der Waals surface area contributed by atoms with Crippen molar-refractivity contribution in [3.05, 3.63) is 28.8 Å². The number of ether oxygens (including phenoxy) is 1. The molecule has 1 aromatic heterocycles. The van der Waals surface area contributed by atoms with E-state index in [2.05, 4.69) is 9.72 Å². The van der Waals surface area contributed by atoms with Crippen molar-refractivity contribution in [3.8, 4) is 0 Å². The molecule has 1 heterocycles. The molecule has 0 atom stereocenters. The fraction of sp³-hybridized carbons (Fsp3) is 0.364. The molecule has 0 saturated carbocycles. The maximum absolute atomic E-state index is 13.0. The van der Waals surface area contributed by atoms with Gasteiger partial charge < -0.3 is 9.64 Å². The standard InChI is InChI=1S/C11H12ClFN2O3/c1-15(4-3-9(16)18-2)11(17)8-5-7(13)6-14-10(8)12/h5-6H,3-4H2,1-2H3. The van der Waals surface area contributed by atoms with Gasteiger partial charge in [0.05, 0.1) is 25.3 Å². The van der Waals surface area contributed by atoms with Gasteiger partial charge in [-0.1, -0.05) is 11.6 Å². The van der Waals surface area contributed by atoms with Gasteiger partial charge in [-0.25, -0.2) is 9.37 Å². The van der Waals surface area contributed by atoms with E-state index in [1.165, 1.54) is 19.1 Å². The minimum Gasteiger partial charge on any atom is -0.469 e. The van der Waals surface area contributed by atoms with Crippen LogP contribution in [0.1, 0.15) is 16.8 Å². The molecule has 1 amide bonds. The molecule has 18 heavy (non-hydrogen) atoms. The van der Waals surface area contributed by atoms with Crippen molar-refractivity contribution in [3.63, 3.8) is 0 Å². The van der Waals surface area contributed by atoms with E-state index in [0.717, 1.165) is 12.3 Å². The van der Waals surface area contributed by atoms with Crippen molar-refractivity contribution in [1.29, 1.82) is 0 Å². The normalized spacial score (nSPS) is 10.0. The Bertz CT molecular complexity index is 468. The molecule has 1 rings (SSSR count). The second kappa shape index (κ2) is 6.30. The zero-order valence-corrected chi connectivity index (χ0v) is 10.7. The van der Waals surface area contributed by atoms with Gasteiger partial charge in [-0.15, -0.1) is 0 Å². The summed E-state index contributed by atoms with van der Waals surface area (Å²) in [5.41, 5.74) is -0.0379. The first-order valence-electron chi connectivity index (χ1n) is 5.09. The lowest BCUT2D eigenvalue weighted by molar-refractivity contribution is -0.140. The third-order valence-electron chi connectivity index (χ3n) is 2.26. The molecular weight excluding hydrogens is 263 g/mol. The van der Waals surface area contributed by atoms with Gasteiger partial charge in [0.25, 0.3) is 5.91 Å². The van der Waals surface area contributed by atoms with Gasteiger partial charge in [-0.2, -0.15) is 0 Å². The molecule has 98 valence electrons. The molecule has 0 N–H and O–H groups in total. The molecule has 0 bridgehead atoms. The van der Waals surface area contributed by atoms with Gasteiger partial charge in [-0.3, -0.25) is 9.59 Å². The lowest BCUT2D eigenvalue weighted by Gasteiger charge is -2.16. The molecule has 0 aliphatic carbocycles. The van der Waals surface area contributed by atoms with Crippen LogP contribution in [-0.4, -0.2) is 42.5 Å². The number of aromatic nitrogens is 1. The van der Waals surface area contributed by atoms with Crippen LogP contribution in [0, 0.1) is 5.82 Å². The van der Waals surface area contributed by atoms with E-state index in [4.69, 9.17) is 11.6 Å². The quantitative estimate of drug-likeness (QED) is 0.617. The van der Waals surface area contributed by atoms with Gasteiger partial charge in [0.2, 0.25) is 0 Å². The Hall–Kier alpha value is -1.69. The van der Waals surface area contributed by atoms with Gasteiger partial charge in [0.15, 0.2) is 0 Å². The van der Waals surface area contributed by atoms with Crippen LogP contribution in [0.5, 0.6) is 0 Å². The molecule has 0 fully saturated rings. The minimum absolute atomic E-state index is 0.0379. The number of halogens is 2. The number of rotatable bonds is 4. The maximum Gasteiger partial charge on any atom is 0.307 e. The van der Waals surface area contributed by atoms with Gasteiger partial charge in [0, 0.05) is 13.6 Å². The van der Waals surface area contributed by atoms with E-state index in [1.54, 1.807) is 0 Å². The molecule has 0 aliphatic heterocycles. The van der Waals surface area contributed by atoms with Crippen LogP contribution >= 0.6 is 11.6 Å². The summed E-state index contributed by atoms with van der Waals surface area (Å²) in [5, 5.41) is -0.0775. The van der Waals surface area contributed by atoms with Crippen molar-refractivity contribution < 1.29 is 18.7 Å². The summed E-state index contributed by atoms with van der Waals surface area (Å²) in [5.74, 6) is -1.59. The number of pyridine rings is 1. The Morgan fingerprint density at radius 1 is 1.56 bits per heavy atom. The lowest BCUT2D eigenvalue weighted by atomic mass is 10.2. The van der Waals surface area contributed by atoms with Crippen LogP contribution < -0.4 is 0 Å². The van der Waals surface area contributed by atoms with E-state index >= 15 is 0 Å². The van der Waals surface area contributed by atoms with Crippen LogP contribution in [0.2, 0.25) is 5.15 Å². The molecule has 7 heteroatoms. The Kier molecular flexibility index (Phi) is 5.03. The van der Waals surface area contributed by atoms with Crippen molar-refractivity contribution in [2.75, 3.05) is 20.7 Å². The van der Waals surface area contributed by atoms with Crippen LogP contribution in [0.25, 0.3) is 0 Å². The van der Waals surface area contributed by atoms with E-state index in [9.17, 15) is 14.0 Å². The van der Waals surface area contributed by atoms with Gasteiger partial charge in [0.1, 0.15) is 11.0 Å². The summed E-state index contributed by atoms with van der Waals surface area (Å²) >= 11 is 5.71. The average molecular weight is 275 g/mol. The van der Waals surface area contributed by atoms with Crippen LogP contribution in [0.3, 0.4) is 0 Å². The Morgan fingerprint density at radius 2 is 2.22 bits per heavy atom. The first-order valence-corrected chi connectivity index (χ1v) is 5.46. The molecule has 0 unspecified atom stereocenters.